The average Bonchev–Trinajstić information content (AvgIpc) is 2.76. The smallest absolute Gasteiger partial charge is 0.304 e. The van der Waals surface area contributed by atoms with E-state index in [9.17, 15) is 18.0 Å². The number of nitrogens with zero attached hydrogens (tertiary/aromatic N) is 3. The minimum Gasteiger partial charge on any atom is -0.357 e. The zero-order valence-corrected chi connectivity index (χ0v) is 20.6. The summed E-state index contributed by atoms with van der Waals surface area (Å²) in [5.74, 6) is -1.00. The highest BCUT2D eigenvalue weighted by Gasteiger charge is 2.32. The topological polar surface area (TPSA) is 90.0 Å². The summed E-state index contributed by atoms with van der Waals surface area (Å²) in [7, 11) is 0.219. The molecule has 2 aromatic carbocycles. The van der Waals surface area contributed by atoms with E-state index >= 15 is 0 Å². The number of likely N-dealkylation sites (N-methyl/N-ethyl adjacent to an activating group) is 1. The summed E-state index contributed by atoms with van der Waals surface area (Å²) in [4.78, 5) is 27.0. The van der Waals surface area contributed by atoms with E-state index in [0.717, 1.165) is 8.61 Å². The van der Waals surface area contributed by atoms with Gasteiger partial charge in [-0.3, -0.25) is 9.59 Å². The fourth-order valence-corrected chi connectivity index (χ4v) is 4.53. The molecule has 0 aliphatic rings. The predicted octanol–water partition coefficient (Wildman–Crippen LogP) is 2.77. The number of nitrogens with one attached hydrogen (secondary N) is 1. The number of hydrogen-bond donors (Lipinski definition) is 1. The minimum absolute atomic E-state index is 0.0728. The summed E-state index contributed by atoms with van der Waals surface area (Å²) < 4.78 is 28.0. The van der Waals surface area contributed by atoms with E-state index in [0.29, 0.717) is 21.3 Å². The molecule has 32 heavy (non-hydrogen) atoms. The Labute approximate surface area is 198 Å². The van der Waals surface area contributed by atoms with Crippen molar-refractivity contribution in [2.24, 2.45) is 0 Å². The van der Waals surface area contributed by atoms with E-state index in [1.165, 1.54) is 26.0 Å². The van der Waals surface area contributed by atoms with E-state index in [4.69, 9.17) is 23.2 Å². The molecule has 2 amide bonds. The molecule has 2 rings (SSSR count). The molecule has 1 atom stereocenters. The van der Waals surface area contributed by atoms with Gasteiger partial charge in [-0.2, -0.15) is 12.7 Å². The van der Waals surface area contributed by atoms with Gasteiger partial charge in [-0.25, -0.2) is 4.31 Å². The van der Waals surface area contributed by atoms with Crippen molar-refractivity contribution in [3.8, 4) is 0 Å². The zero-order valence-electron chi connectivity index (χ0n) is 18.2. The third kappa shape index (κ3) is 5.92. The van der Waals surface area contributed by atoms with Gasteiger partial charge in [0.05, 0.1) is 5.69 Å². The number of carbonyl (C=O) groups is 2. The van der Waals surface area contributed by atoms with Crippen LogP contribution in [0.3, 0.4) is 0 Å². The van der Waals surface area contributed by atoms with Crippen LogP contribution in [0.15, 0.2) is 48.5 Å². The second-order valence-electron chi connectivity index (χ2n) is 7.14. The molecule has 2 aromatic rings. The largest absolute Gasteiger partial charge is 0.357 e. The first kappa shape index (κ1) is 25.9. The molecule has 1 N–H and O–H groups in total. The second kappa shape index (κ2) is 11.0. The van der Waals surface area contributed by atoms with Gasteiger partial charge in [0.2, 0.25) is 11.8 Å². The van der Waals surface area contributed by atoms with Crippen LogP contribution in [-0.4, -0.2) is 63.2 Å². The lowest BCUT2D eigenvalue weighted by molar-refractivity contribution is -0.139. The molecular weight excluding hydrogens is 475 g/mol. The van der Waals surface area contributed by atoms with Crippen molar-refractivity contribution >= 4 is 50.9 Å². The van der Waals surface area contributed by atoms with Gasteiger partial charge in [0.25, 0.3) is 0 Å². The number of halogens is 2. The Hall–Kier alpha value is -2.33. The van der Waals surface area contributed by atoms with Crippen LogP contribution in [0.5, 0.6) is 0 Å². The SMILES string of the molecule is CNC(=O)[C@H](C)N(Cc1c(Cl)cccc1Cl)C(=O)CN(c1ccccc1)S(=O)(=O)N(C)C. The molecule has 0 radical (unpaired) electrons. The Kier molecular flexibility index (Phi) is 8.91. The molecule has 8 nitrogen and oxygen atoms in total. The van der Waals surface area contributed by atoms with E-state index in [1.54, 1.807) is 55.5 Å². The van der Waals surface area contributed by atoms with Crippen LogP contribution in [0.4, 0.5) is 5.69 Å². The molecule has 0 aliphatic carbocycles. The molecule has 0 saturated heterocycles. The standard InChI is InChI=1S/C21H26Cl2N4O4S/c1-15(21(29)24-2)26(13-17-18(22)11-8-12-19(17)23)20(28)14-27(32(30,31)25(3)4)16-9-6-5-7-10-16/h5-12,15H,13-14H2,1-4H3,(H,24,29)/t15-/m0/s1. The van der Waals surface area contributed by atoms with E-state index in [-0.39, 0.29) is 6.54 Å². The Morgan fingerprint density at radius 1 is 1.00 bits per heavy atom. The quantitative estimate of drug-likeness (QED) is 0.572. The van der Waals surface area contributed by atoms with Gasteiger partial charge < -0.3 is 10.2 Å². The Bertz CT molecular complexity index is 1040. The molecule has 0 aliphatic heterocycles. The first-order valence-corrected chi connectivity index (χ1v) is 11.8. The number of rotatable bonds is 9. The third-order valence-electron chi connectivity index (χ3n) is 4.87. The van der Waals surface area contributed by atoms with E-state index < -0.39 is 34.6 Å². The number of para-hydroxylation sites is 1. The molecule has 0 saturated carbocycles. The van der Waals surface area contributed by atoms with E-state index in [2.05, 4.69) is 5.32 Å². The Morgan fingerprint density at radius 3 is 2.06 bits per heavy atom. The Balaban J connectivity index is 2.48. The van der Waals surface area contributed by atoms with Gasteiger partial charge in [0.15, 0.2) is 0 Å². The highest BCUT2D eigenvalue weighted by molar-refractivity contribution is 7.90. The summed E-state index contributed by atoms with van der Waals surface area (Å²) in [6, 6.07) is 12.3. The normalized spacial score (nSPS) is 12.3. The molecular formula is C21H26Cl2N4O4S. The summed E-state index contributed by atoms with van der Waals surface area (Å²) in [5.41, 5.74) is 0.777. The molecule has 0 aromatic heterocycles. The molecule has 0 heterocycles. The van der Waals surface area contributed by atoms with Crippen molar-refractivity contribution in [3.63, 3.8) is 0 Å². The minimum atomic E-state index is -3.99. The number of anilines is 1. The predicted molar refractivity (Wildman–Crippen MR) is 127 cm³/mol. The number of benzene rings is 2. The third-order valence-corrected chi connectivity index (χ3v) is 7.39. The Morgan fingerprint density at radius 2 is 1.56 bits per heavy atom. The zero-order chi connectivity index (χ0) is 24.1. The van der Waals surface area contributed by atoms with Crippen molar-refractivity contribution < 1.29 is 18.0 Å². The molecule has 11 heteroatoms. The summed E-state index contributed by atoms with van der Waals surface area (Å²) in [6.45, 7) is 0.958. The highest BCUT2D eigenvalue weighted by atomic mass is 35.5. The van der Waals surface area contributed by atoms with Crippen LogP contribution in [0.25, 0.3) is 0 Å². The van der Waals surface area contributed by atoms with Crippen LogP contribution < -0.4 is 9.62 Å². The maximum absolute atomic E-state index is 13.4. The van der Waals surface area contributed by atoms with Crippen molar-refractivity contribution in [1.29, 1.82) is 0 Å². The van der Waals surface area contributed by atoms with Crippen molar-refractivity contribution in [1.82, 2.24) is 14.5 Å². The maximum Gasteiger partial charge on any atom is 0.304 e. The molecule has 0 fully saturated rings. The van der Waals surface area contributed by atoms with Crippen LogP contribution in [-0.2, 0) is 26.3 Å². The van der Waals surface area contributed by atoms with E-state index in [1.807, 2.05) is 0 Å². The van der Waals surface area contributed by atoms with Crippen LogP contribution in [0, 0.1) is 0 Å². The van der Waals surface area contributed by atoms with Crippen LogP contribution >= 0.6 is 23.2 Å². The fourth-order valence-electron chi connectivity index (χ4n) is 2.96. The van der Waals surface area contributed by atoms with Crippen molar-refractivity contribution in [3.05, 3.63) is 64.1 Å². The van der Waals surface area contributed by atoms with Crippen LogP contribution in [0.2, 0.25) is 10.0 Å². The lowest BCUT2D eigenvalue weighted by atomic mass is 10.1. The van der Waals surface area contributed by atoms with Gasteiger partial charge in [-0.05, 0) is 31.2 Å². The van der Waals surface area contributed by atoms with Gasteiger partial charge >= 0.3 is 10.2 Å². The number of carbonyl (C=O) groups excluding carboxylic acids is 2. The summed E-state index contributed by atoms with van der Waals surface area (Å²) >= 11 is 12.6. The summed E-state index contributed by atoms with van der Waals surface area (Å²) in [5, 5.41) is 3.18. The summed E-state index contributed by atoms with van der Waals surface area (Å²) in [6.07, 6.45) is 0. The van der Waals surface area contributed by atoms with Gasteiger partial charge in [-0.1, -0.05) is 47.5 Å². The van der Waals surface area contributed by atoms with Crippen molar-refractivity contribution in [2.45, 2.75) is 19.5 Å². The lowest BCUT2D eigenvalue weighted by Crippen LogP contribution is -2.52. The highest BCUT2D eigenvalue weighted by Crippen LogP contribution is 2.27. The van der Waals surface area contributed by atoms with Gasteiger partial charge in [-0.15, -0.1) is 0 Å². The first-order chi connectivity index (χ1) is 15.0. The van der Waals surface area contributed by atoms with Gasteiger partial charge in [0.1, 0.15) is 12.6 Å². The fraction of sp³-hybridized carbons (Fsp3) is 0.333. The lowest BCUT2D eigenvalue weighted by Gasteiger charge is -2.33. The monoisotopic (exact) mass is 500 g/mol. The molecule has 0 spiro atoms. The number of hydrogen-bond acceptors (Lipinski definition) is 4. The van der Waals surface area contributed by atoms with Crippen molar-refractivity contribution in [2.75, 3.05) is 32.0 Å². The first-order valence-electron chi connectivity index (χ1n) is 9.69. The number of amides is 2. The average molecular weight is 501 g/mol. The van der Waals surface area contributed by atoms with Crippen LogP contribution in [0.1, 0.15) is 12.5 Å². The molecule has 174 valence electrons. The van der Waals surface area contributed by atoms with Gasteiger partial charge in [0, 0.05) is 43.3 Å². The second-order valence-corrected chi connectivity index (χ2v) is 10.0. The maximum atomic E-state index is 13.4. The molecule has 0 unspecified atom stereocenters. The molecule has 0 bridgehead atoms.